The maximum absolute atomic E-state index is 11.5. The van der Waals surface area contributed by atoms with Crippen molar-refractivity contribution in [2.45, 2.75) is 26.4 Å². The largest absolute Gasteiger partial charge is 0.473 e. The normalized spacial score (nSPS) is 11.3. The summed E-state index contributed by atoms with van der Waals surface area (Å²) in [6.45, 7) is 5.66. The summed E-state index contributed by atoms with van der Waals surface area (Å²) in [5.74, 6) is -0.448. The zero-order valence-corrected chi connectivity index (χ0v) is 13.2. The molecule has 2 rings (SSSR count). The van der Waals surface area contributed by atoms with E-state index in [1.807, 2.05) is 0 Å². The molecule has 124 valence electrons. The van der Waals surface area contributed by atoms with E-state index in [0.29, 0.717) is 11.0 Å². The van der Waals surface area contributed by atoms with E-state index >= 15 is 0 Å². The summed E-state index contributed by atoms with van der Waals surface area (Å²) < 4.78 is 15.6. The van der Waals surface area contributed by atoms with Gasteiger partial charge in [-0.1, -0.05) is 6.07 Å². The van der Waals surface area contributed by atoms with Crippen molar-refractivity contribution >= 4 is 23.0 Å². The summed E-state index contributed by atoms with van der Waals surface area (Å²) in [4.78, 5) is 22.9. The van der Waals surface area contributed by atoms with Crippen LogP contribution in [0.3, 0.4) is 0 Å². The number of carbonyl (C=O) groups excluding carboxylic acids is 2. The molecule has 0 aliphatic carbocycles. The molecule has 0 aliphatic rings. The van der Waals surface area contributed by atoms with Crippen molar-refractivity contribution in [1.29, 1.82) is 0 Å². The second-order valence-electron chi connectivity index (χ2n) is 5.81. The molecule has 2 aromatic rings. The topological polar surface area (TPSA) is 117 Å². The number of nitrogens with zero attached hydrogens (tertiary/aromatic N) is 1. The van der Waals surface area contributed by atoms with Gasteiger partial charge in [0.05, 0.1) is 17.5 Å². The van der Waals surface area contributed by atoms with E-state index in [2.05, 4.69) is 10.5 Å². The highest BCUT2D eigenvalue weighted by atomic mass is 16.6. The Morgan fingerprint density at radius 2 is 2.09 bits per heavy atom. The van der Waals surface area contributed by atoms with Gasteiger partial charge < -0.3 is 25.0 Å². The summed E-state index contributed by atoms with van der Waals surface area (Å²) >= 11 is 0. The van der Waals surface area contributed by atoms with Crippen LogP contribution in [-0.4, -0.2) is 35.9 Å². The molecule has 23 heavy (non-hydrogen) atoms. The molecule has 1 aromatic heterocycles. The number of amides is 2. The van der Waals surface area contributed by atoms with Crippen LogP contribution in [0.5, 0.6) is 5.88 Å². The quantitative estimate of drug-likeness (QED) is 0.811. The zero-order chi connectivity index (χ0) is 17.0. The first kappa shape index (κ1) is 16.6. The van der Waals surface area contributed by atoms with Gasteiger partial charge in [-0.25, -0.2) is 4.79 Å². The molecule has 0 fully saturated rings. The fourth-order valence-corrected chi connectivity index (χ4v) is 1.88. The van der Waals surface area contributed by atoms with Crippen LogP contribution in [0.25, 0.3) is 11.0 Å². The van der Waals surface area contributed by atoms with E-state index < -0.39 is 17.6 Å². The maximum Gasteiger partial charge on any atom is 0.407 e. The number of alkyl carbamates (subject to hydrolysis) is 1. The lowest BCUT2D eigenvalue weighted by Gasteiger charge is -2.19. The Bertz CT molecular complexity index is 717. The molecular formula is C15H19N3O5. The summed E-state index contributed by atoms with van der Waals surface area (Å²) in [7, 11) is 0. The number of rotatable bonds is 5. The van der Waals surface area contributed by atoms with Gasteiger partial charge in [-0.2, -0.15) is 0 Å². The number of benzene rings is 1. The molecule has 1 aromatic carbocycles. The van der Waals surface area contributed by atoms with Crippen LogP contribution < -0.4 is 15.8 Å². The van der Waals surface area contributed by atoms with Crippen LogP contribution in [-0.2, 0) is 4.74 Å². The number of carbonyl (C=O) groups is 2. The third-order valence-corrected chi connectivity index (χ3v) is 2.74. The van der Waals surface area contributed by atoms with Crippen LogP contribution in [0.1, 0.15) is 31.1 Å². The zero-order valence-electron chi connectivity index (χ0n) is 13.2. The van der Waals surface area contributed by atoms with Crippen molar-refractivity contribution < 1.29 is 23.6 Å². The molecule has 2 amide bonds. The highest BCUT2D eigenvalue weighted by Gasteiger charge is 2.18. The Balaban J connectivity index is 1.96. The molecule has 0 atom stereocenters. The Morgan fingerprint density at radius 1 is 1.35 bits per heavy atom. The number of ether oxygens (including phenoxy) is 2. The van der Waals surface area contributed by atoms with Gasteiger partial charge in [0.2, 0.25) is 5.91 Å². The molecule has 0 saturated carbocycles. The molecule has 0 radical (unpaired) electrons. The van der Waals surface area contributed by atoms with E-state index in [-0.39, 0.29) is 24.6 Å². The monoisotopic (exact) mass is 321 g/mol. The predicted octanol–water partition coefficient (Wildman–Crippen LogP) is 1.83. The lowest BCUT2D eigenvalue weighted by atomic mass is 10.1. The Hall–Kier alpha value is -2.77. The molecule has 0 saturated heterocycles. The molecule has 0 aliphatic heterocycles. The number of aromatic nitrogens is 1. The van der Waals surface area contributed by atoms with E-state index in [1.165, 1.54) is 0 Å². The maximum atomic E-state index is 11.5. The van der Waals surface area contributed by atoms with E-state index in [0.717, 1.165) is 0 Å². The summed E-state index contributed by atoms with van der Waals surface area (Å²) in [5.41, 5.74) is 5.42. The SMILES string of the molecule is CC(C)(C)OC(=O)NCCOc1noc2cccc(C(N)=O)c12. The molecule has 0 bridgehead atoms. The highest BCUT2D eigenvalue weighted by Crippen LogP contribution is 2.28. The average Bonchev–Trinajstić information content (AvgIpc) is 2.84. The van der Waals surface area contributed by atoms with Gasteiger partial charge in [0, 0.05) is 0 Å². The minimum atomic E-state index is -0.601. The first-order valence-electron chi connectivity index (χ1n) is 7.06. The molecule has 1 heterocycles. The fourth-order valence-electron chi connectivity index (χ4n) is 1.88. The number of nitrogens with two attached hydrogens (primary N) is 1. The van der Waals surface area contributed by atoms with Crippen molar-refractivity contribution in [2.75, 3.05) is 13.2 Å². The van der Waals surface area contributed by atoms with E-state index in [4.69, 9.17) is 19.7 Å². The lowest BCUT2D eigenvalue weighted by Crippen LogP contribution is -2.34. The van der Waals surface area contributed by atoms with Gasteiger partial charge in [0.25, 0.3) is 5.88 Å². The van der Waals surface area contributed by atoms with Gasteiger partial charge in [0.1, 0.15) is 12.2 Å². The number of nitrogens with one attached hydrogen (secondary N) is 1. The van der Waals surface area contributed by atoms with Crippen molar-refractivity contribution in [3.63, 3.8) is 0 Å². The van der Waals surface area contributed by atoms with Gasteiger partial charge >= 0.3 is 6.09 Å². The number of primary amides is 1. The van der Waals surface area contributed by atoms with E-state index in [9.17, 15) is 9.59 Å². The van der Waals surface area contributed by atoms with Crippen LogP contribution >= 0.6 is 0 Å². The first-order valence-corrected chi connectivity index (χ1v) is 7.06. The Labute approximate surface area is 132 Å². The Morgan fingerprint density at radius 3 is 2.74 bits per heavy atom. The minimum absolute atomic E-state index is 0.133. The molecule has 3 N–H and O–H groups in total. The standard InChI is InChI=1S/C15H19N3O5/c1-15(2,3)22-14(20)17-7-8-21-13-11-9(12(16)19)5-4-6-10(11)23-18-13/h4-6H,7-8H2,1-3H3,(H2,16,19)(H,17,20). The fraction of sp³-hybridized carbons (Fsp3) is 0.400. The van der Waals surface area contributed by atoms with Crippen LogP contribution in [0.4, 0.5) is 4.79 Å². The highest BCUT2D eigenvalue weighted by molar-refractivity contribution is 6.06. The molecule has 0 unspecified atom stereocenters. The van der Waals surface area contributed by atoms with Crippen LogP contribution in [0, 0.1) is 0 Å². The average molecular weight is 321 g/mol. The molecule has 8 nitrogen and oxygen atoms in total. The lowest BCUT2D eigenvalue weighted by molar-refractivity contribution is 0.0519. The smallest absolute Gasteiger partial charge is 0.407 e. The second kappa shape index (κ2) is 6.55. The first-order chi connectivity index (χ1) is 10.8. The summed E-state index contributed by atoms with van der Waals surface area (Å²) in [6, 6.07) is 4.86. The summed E-state index contributed by atoms with van der Waals surface area (Å²) in [5, 5.41) is 6.73. The van der Waals surface area contributed by atoms with Gasteiger partial charge in [-0.15, -0.1) is 0 Å². The second-order valence-corrected chi connectivity index (χ2v) is 5.81. The van der Waals surface area contributed by atoms with E-state index in [1.54, 1.807) is 39.0 Å². The number of hydrogen-bond acceptors (Lipinski definition) is 6. The molecular weight excluding hydrogens is 302 g/mol. The van der Waals surface area contributed by atoms with Crippen molar-refractivity contribution in [3.8, 4) is 5.88 Å². The van der Waals surface area contributed by atoms with Gasteiger partial charge in [-0.05, 0) is 38.1 Å². The van der Waals surface area contributed by atoms with Gasteiger partial charge in [-0.3, -0.25) is 4.79 Å². The van der Waals surface area contributed by atoms with Gasteiger partial charge in [0.15, 0.2) is 5.58 Å². The minimum Gasteiger partial charge on any atom is -0.473 e. The van der Waals surface area contributed by atoms with Crippen LogP contribution in [0.15, 0.2) is 22.7 Å². The Kier molecular flexibility index (Phi) is 4.73. The third kappa shape index (κ3) is 4.35. The van der Waals surface area contributed by atoms with Crippen molar-refractivity contribution in [3.05, 3.63) is 23.8 Å². The number of hydrogen-bond donors (Lipinski definition) is 2. The number of fused-ring (bicyclic) bond motifs is 1. The van der Waals surface area contributed by atoms with Crippen molar-refractivity contribution in [1.82, 2.24) is 10.5 Å². The molecule has 0 spiro atoms. The predicted molar refractivity (Wildman–Crippen MR) is 82.3 cm³/mol. The third-order valence-electron chi connectivity index (χ3n) is 2.74. The van der Waals surface area contributed by atoms with Crippen molar-refractivity contribution in [2.24, 2.45) is 5.73 Å². The van der Waals surface area contributed by atoms with Crippen LogP contribution in [0.2, 0.25) is 0 Å². The molecule has 8 heteroatoms. The summed E-state index contributed by atoms with van der Waals surface area (Å²) in [6.07, 6.45) is -0.538.